The van der Waals surface area contributed by atoms with Crippen LogP contribution in [0.2, 0.25) is 0 Å². The zero-order valence-corrected chi connectivity index (χ0v) is 20.5. The number of rotatable bonds is 7. The number of anilines is 1. The number of para-hydroxylation sites is 1. The van der Waals surface area contributed by atoms with Crippen molar-refractivity contribution in [1.82, 2.24) is 0 Å². The van der Waals surface area contributed by atoms with Gasteiger partial charge in [0.2, 0.25) is 0 Å². The highest BCUT2D eigenvalue weighted by Gasteiger charge is 2.32. The Morgan fingerprint density at radius 2 is 1.42 bits per heavy atom. The van der Waals surface area contributed by atoms with Gasteiger partial charge >= 0.3 is 10.1 Å². The number of hydrazone groups is 1. The van der Waals surface area contributed by atoms with Gasteiger partial charge in [0.05, 0.1) is 16.2 Å². The summed E-state index contributed by atoms with van der Waals surface area (Å²) < 4.78 is 31.2. The predicted molar refractivity (Wildman–Crippen MR) is 142 cm³/mol. The van der Waals surface area contributed by atoms with Gasteiger partial charge in [-0.1, -0.05) is 66.7 Å². The minimum atomic E-state index is -4.12. The van der Waals surface area contributed by atoms with Gasteiger partial charge in [0.15, 0.2) is 0 Å². The van der Waals surface area contributed by atoms with Gasteiger partial charge in [-0.05, 0) is 36.4 Å². The van der Waals surface area contributed by atoms with Crippen LogP contribution in [-0.4, -0.2) is 25.0 Å². The Bertz CT molecular complexity index is 1680. The number of hydrogen-bond acceptors (Lipinski definition) is 7. The molecule has 188 valence electrons. The third-order valence-corrected chi connectivity index (χ3v) is 6.93. The number of carbonyl (C=O) groups excluding carboxylic acids is 1. The summed E-state index contributed by atoms with van der Waals surface area (Å²) in [4.78, 5) is 24.1. The van der Waals surface area contributed by atoms with Gasteiger partial charge in [0, 0.05) is 23.3 Å². The molecular weight excluding hydrogens is 506 g/mol. The lowest BCUT2D eigenvalue weighted by Gasteiger charge is -2.12. The highest BCUT2D eigenvalue weighted by molar-refractivity contribution is 7.87. The van der Waals surface area contributed by atoms with E-state index in [1.807, 2.05) is 6.07 Å². The lowest BCUT2D eigenvalue weighted by atomic mass is 10.00. The first kappa shape index (κ1) is 24.6. The van der Waals surface area contributed by atoms with Crippen molar-refractivity contribution >= 4 is 39.2 Å². The number of nitro groups is 1. The normalized spacial score (nSPS) is 14.4. The smallest absolute Gasteiger partial charge is 0.339 e. The monoisotopic (exact) mass is 525 g/mol. The van der Waals surface area contributed by atoms with Crippen LogP contribution in [-0.2, 0) is 14.9 Å². The molecule has 0 unspecified atom stereocenters. The molecule has 4 aromatic carbocycles. The SMILES string of the molecule is O=C1/C(=C/c2ccccc2OS(=O)(=O)c2ccccc2)C(c2ccccc2)=NN1c1ccc([N+](=O)[O-])cc1. The molecule has 1 aliphatic rings. The van der Waals surface area contributed by atoms with Crippen LogP contribution in [0.15, 0.2) is 125 Å². The molecule has 0 N–H and O–H groups in total. The number of hydrogen-bond donors (Lipinski definition) is 0. The van der Waals surface area contributed by atoms with Crippen LogP contribution >= 0.6 is 0 Å². The molecular formula is C28H19N3O6S. The van der Waals surface area contributed by atoms with E-state index >= 15 is 0 Å². The van der Waals surface area contributed by atoms with E-state index in [0.29, 0.717) is 22.5 Å². The summed E-state index contributed by atoms with van der Waals surface area (Å²) in [6.45, 7) is 0. The largest absolute Gasteiger partial charge is 0.378 e. The molecule has 1 heterocycles. The lowest BCUT2D eigenvalue weighted by molar-refractivity contribution is -0.384. The second kappa shape index (κ2) is 10.1. The molecule has 0 aromatic heterocycles. The van der Waals surface area contributed by atoms with E-state index in [-0.39, 0.29) is 21.9 Å². The molecule has 0 bridgehead atoms. The van der Waals surface area contributed by atoms with E-state index in [0.717, 1.165) is 5.01 Å². The average molecular weight is 526 g/mol. The van der Waals surface area contributed by atoms with Gasteiger partial charge in [-0.2, -0.15) is 18.5 Å². The van der Waals surface area contributed by atoms with Crippen molar-refractivity contribution in [2.24, 2.45) is 5.10 Å². The second-order valence-corrected chi connectivity index (χ2v) is 9.70. The highest BCUT2D eigenvalue weighted by Crippen LogP contribution is 2.31. The quantitative estimate of drug-likeness (QED) is 0.142. The van der Waals surface area contributed by atoms with Crippen LogP contribution in [0, 0.1) is 10.1 Å². The Balaban J connectivity index is 1.57. The fourth-order valence-electron chi connectivity index (χ4n) is 3.83. The van der Waals surface area contributed by atoms with Gasteiger partial charge in [0.25, 0.3) is 11.6 Å². The molecule has 1 aliphatic heterocycles. The Labute approximate surface area is 218 Å². The molecule has 10 heteroatoms. The van der Waals surface area contributed by atoms with E-state index in [1.165, 1.54) is 48.5 Å². The molecule has 4 aromatic rings. The summed E-state index contributed by atoms with van der Waals surface area (Å²) in [6, 6.07) is 28.7. The number of non-ortho nitro benzene ring substituents is 1. The number of benzene rings is 4. The van der Waals surface area contributed by atoms with Crippen molar-refractivity contribution in [3.8, 4) is 5.75 Å². The summed E-state index contributed by atoms with van der Waals surface area (Å²) in [6.07, 6.45) is 1.52. The summed E-state index contributed by atoms with van der Waals surface area (Å²) in [5.74, 6) is -0.448. The van der Waals surface area contributed by atoms with Crippen molar-refractivity contribution in [1.29, 1.82) is 0 Å². The van der Waals surface area contributed by atoms with Crippen LogP contribution < -0.4 is 9.19 Å². The summed E-state index contributed by atoms with van der Waals surface area (Å²) in [5, 5.41) is 16.7. The molecule has 5 rings (SSSR count). The molecule has 0 saturated carbocycles. The summed E-state index contributed by atoms with van der Waals surface area (Å²) in [7, 11) is -4.12. The van der Waals surface area contributed by atoms with Gasteiger partial charge in [0.1, 0.15) is 16.4 Å². The van der Waals surface area contributed by atoms with E-state index in [1.54, 1.807) is 60.7 Å². The van der Waals surface area contributed by atoms with Crippen LogP contribution in [0.4, 0.5) is 11.4 Å². The van der Waals surface area contributed by atoms with E-state index in [2.05, 4.69) is 5.10 Å². The van der Waals surface area contributed by atoms with Gasteiger partial charge < -0.3 is 4.18 Å². The number of nitro benzene ring substituents is 1. The van der Waals surface area contributed by atoms with Crippen LogP contribution in [0.25, 0.3) is 6.08 Å². The number of carbonyl (C=O) groups is 1. The first-order chi connectivity index (χ1) is 18.3. The second-order valence-electron chi connectivity index (χ2n) is 8.15. The fourth-order valence-corrected chi connectivity index (χ4v) is 4.80. The maximum atomic E-state index is 13.6. The molecule has 0 radical (unpaired) electrons. The average Bonchev–Trinajstić information content (AvgIpc) is 3.26. The third-order valence-electron chi connectivity index (χ3n) is 5.68. The zero-order valence-electron chi connectivity index (χ0n) is 19.7. The summed E-state index contributed by atoms with van der Waals surface area (Å²) >= 11 is 0. The molecule has 0 aliphatic carbocycles. The van der Waals surface area contributed by atoms with Crippen molar-refractivity contribution < 1.29 is 22.3 Å². The molecule has 1 amide bonds. The predicted octanol–water partition coefficient (Wildman–Crippen LogP) is 5.20. The molecule has 0 spiro atoms. The van der Waals surface area contributed by atoms with Gasteiger partial charge in [-0.15, -0.1) is 0 Å². The zero-order chi connectivity index (χ0) is 26.7. The third kappa shape index (κ3) is 4.93. The first-order valence-corrected chi connectivity index (χ1v) is 12.8. The first-order valence-electron chi connectivity index (χ1n) is 11.4. The molecule has 0 fully saturated rings. The topological polar surface area (TPSA) is 119 Å². The Hall–Kier alpha value is -5.09. The van der Waals surface area contributed by atoms with Crippen molar-refractivity contribution in [2.45, 2.75) is 4.90 Å². The maximum Gasteiger partial charge on any atom is 0.339 e. The van der Waals surface area contributed by atoms with E-state index < -0.39 is 20.9 Å². The Morgan fingerprint density at radius 1 is 0.816 bits per heavy atom. The van der Waals surface area contributed by atoms with E-state index in [4.69, 9.17) is 4.18 Å². The molecule has 0 saturated heterocycles. The van der Waals surface area contributed by atoms with Gasteiger partial charge in [-0.3, -0.25) is 14.9 Å². The van der Waals surface area contributed by atoms with E-state index in [9.17, 15) is 23.3 Å². The minimum Gasteiger partial charge on any atom is -0.378 e. The van der Waals surface area contributed by atoms with Crippen molar-refractivity contribution in [2.75, 3.05) is 5.01 Å². The minimum absolute atomic E-state index is 0.00437. The molecule has 0 atom stereocenters. The highest BCUT2D eigenvalue weighted by atomic mass is 32.2. The lowest BCUT2D eigenvalue weighted by Crippen LogP contribution is -2.21. The van der Waals surface area contributed by atoms with Crippen LogP contribution in [0.3, 0.4) is 0 Å². The maximum absolute atomic E-state index is 13.6. The Morgan fingerprint density at radius 3 is 2.08 bits per heavy atom. The van der Waals surface area contributed by atoms with Crippen molar-refractivity contribution in [3.63, 3.8) is 0 Å². The van der Waals surface area contributed by atoms with Crippen molar-refractivity contribution in [3.05, 3.63) is 136 Å². The summed E-state index contributed by atoms with van der Waals surface area (Å²) in [5.41, 5.74) is 1.79. The number of amides is 1. The fraction of sp³-hybridized carbons (Fsp3) is 0. The number of nitrogens with zero attached hydrogens (tertiary/aromatic N) is 3. The van der Waals surface area contributed by atoms with Crippen LogP contribution in [0.1, 0.15) is 11.1 Å². The Kier molecular flexibility index (Phi) is 6.55. The molecule has 9 nitrogen and oxygen atoms in total. The standard InChI is InChI=1S/C28H19N3O6S/c32-28-25(19-21-11-7-8-14-26(21)37-38(35,36)24-12-5-2-6-13-24)27(20-9-3-1-4-10-20)29-30(28)22-15-17-23(18-16-22)31(33)34/h1-19H/b25-19+. The van der Waals surface area contributed by atoms with Gasteiger partial charge in [-0.25, -0.2) is 0 Å². The molecule has 38 heavy (non-hydrogen) atoms. The van der Waals surface area contributed by atoms with Crippen LogP contribution in [0.5, 0.6) is 5.75 Å².